The lowest BCUT2D eigenvalue weighted by molar-refractivity contribution is 0.628. The maximum absolute atomic E-state index is 12.7. The molecule has 2 rings (SSSR count). The lowest BCUT2D eigenvalue weighted by atomic mass is 10.3. The van der Waals surface area contributed by atoms with Crippen molar-refractivity contribution >= 4 is 11.6 Å². The molecule has 1 heterocycles. The quantitative estimate of drug-likeness (QED) is 0.835. The third-order valence-corrected chi connectivity index (χ3v) is 2.16. The number of aromatic nitrogens is 2. The summed E-state index contributed by atoms with van der Waals surface area (Å²) in [6.45, 7) is 0. The van der Waals surface area contributed by atoms with E-state index in [1.165, 1.54) is 29.0 Å². The highest BCUT2D eigenvalue weighted by atomic mass is 19.1. The van der Waals surface area contributed by atoms with Gasteiger partial charge in [0.2, 0.25) is 5.95 Å². The van der Waals surface area contributed by atoms with Gasteiger partial charge in [0.05, 0.1) is 0 Å². The first-order valence-corrected chi connectivity index (χ1v) is 4.71. The van der Waals surface area contributed by atoms with Gasteiger partial charge in [0, 0.05) is 25.0 Å². The number of hydrogen-bond acceptors (Lipinski definition) is 3. The molecule has 1 N–H and O–H groups in total. The zero-order chi connectivity index (χ0) is 11.5. The predicted molar refractivity (Wildman–Crippen MR) is 59.2 cm³/mol. The number of nitrogens with one attached hydrogen (secondary N) is 1. The number of hydrogen-bond donors (Lipinski definition) is 1. The second kappa shape index (κ2) is 4.14. The van der Waals surface area contributed by atoms with E-state index in [1.54, 1.807) is 19.2 Å². The van der Waals surface area contributed by atoms with Crippen LogP contribution in [0.1, 0.15) is 0 Å². The summed E-state index contributed by atoms with van der Waals surface area (Å²) in [4.78, 5) is 15.3. The van der Waals surface area contributed by atoms with E-state index in [0.29, 0.717) is 11.6 Å². The molecule has 0 bridgehead atoms. The van der Waals surface area contributed by atoms with Crippen LogP contribution in [0.15, 0.2) is 41.3 Å². The van der Waals surface area contributed by atoms with Crippen LogP contribution in [0, 0.1) is 5.82 Å². The third-order valence-electron chi connectivity index (χ3n) is 2.16. The number of rotatable bonds is 2. The van der Waals surface area contributed by atoms with Gasteiger partial charge >= 0.3 is 0 Å². The van der Waals surface area contributed by atoms with Crippen LogP contribution >= 0.6 is 0 Å². The van der Waals surface area contributed by atoms with Crippen molar-refractivity contribution in [1.82, 2.24) is 9.55 Å². The van der Waals surface area contributed by atoms with Crippen LogP contribution in [0.5, 0.6) is 0 Å². The van der Waals surface area contributed by atoms with Crippen LogP contribution in [0.2, 0.25) is 0 Å². The van der Waals surface area contributed by atoms with Crippen LogP contribution < -0.4 is 10.9 Å². The standard InChI is InChI=1S/C11H10FN3O/c1-15-10(16)6-7-13-11(15)14-9-4-2-8(12)3-5-9/h2-7H,1H3,(H,13,14). The molecule has 0 aliphatic carbocycles. The molecule has 0 fully saturated rings. The fourth-order valence-corrected chi connectivity index (χ4v) is 1.25. The fourth-order valence-electron chi connectivity index (χ4n) is 1.25. The van der Waals surface area contributed by atoms with Crippen LogP contribution in [0.25, 0.3) is 0 Å². The second-order valence-electron chi connectivity index (χ2n) is 3.30. The molecule has 0 atom stereocenters. The smallest absolute Gasteiger partial charge is 0.254 e. The van der Waals surface area contributed by atoms with E-state index in [4.69, 9.17) is 0 Å². The molecule has 0 aliphatic heterocycles. The van der Waals surface area contributed by atoms with Crippen molar-refractivity contribution in [3.63, 3.8) is 0 Å². The lowest BCUT2D eigenvalue weighted by Crippen LogP contribution is -2.19. The molecule has 1 aromatic heterocycles. The average Bonchev–Trinajstić information content (AvgIpc) is 2.28. The number of nitrogens with zero attached hydrogens (tertiary/aromatic N) is 2. The topological polar surface area (TPSA) is 46.9 Å². The normalized spacial score (nSPS) is 10.1. The molecule has 4 nitrogen and oxygen atoms in total. The molecule has 0 unspecified atom stereocenters. The summed E-state index contributed by atoms with van der Waals surface area (Å²) in [5, 5.41) is 2.93. The molecule has 2 aromatic rings. The summed E-state index contributed by atoms with van der Waals surface area (Å²) in [6, 6.07) is 7.20. The number of halogens is 1. The van der Waals surface area contributed by atoms with Gasteiger partial charge in [-0.3, -0.25) is 9.36 Å². The monoisotopic (exact) mass is 219 g/mol. The Morgan fingerprint density at radius 3 is 2.62 bits per heavy atom. The van der Waals surface area contributed by atoms with Gasteiger partial charge in [-0.1, -0.05) is 0 Å². The van der Waals surface area contributed by atoms with E-state index in [0.717, 1.165) is 0 Å². The molecular formula is C11H10FN3O. The Hall–Kier alpha value is -2.17. The van der Waals surface area contributed by atoms with Crippen molar-refractivity contribution in [3.8, 4) is 0 Å². The SMILES string of the molecule is Cn1c(Nc2ccc(F)cc2)nccc1=O. The van der Waals surface area contributed by atoms with E-state index in [-0.39, 0.29) is 11.4 Å². The maximum Gasteiger partial charge on any atom is 0.254 e. The van der Waals surface area contributed by atoms with Gasteiger partial charge in [-0.2, -0.15) is 0 Å². The summed E-state index contributed by atoms with van der Waals surface area (Å²) in [5.41, 5.74) is 0.523. The predicted octanol–water partition coefficient (Wildman–Crippen LogP) is 1.66. The lowest BCUT2D eigenvalue weighted by Gasteiger charge is -2.08. The highest BCUT2D eigenvalue weighted by Gasteiger charge is 2.00. The molecule has 0 aliphatic rings. The van der Waals surface area contributed by atoms with Crippen LogP contribution in [-0.2, 0) is 7.05 Å². The molecule has 0 radical (unpaired) electrons. The second-order valence-corrected chi connectivity index (χ2v) is 3.30. The molecule has 0 amide bonds. The van der Waals surface area contributed by atoms with Gasteiger partial charge in [0.25, 0.3) is 5.56 Å². The molecule has 1 aromatic carbocycles. The van der Waals surface area contributed by atoms with Gasteiger partial charge in [0.1, 0.15) is 5.82 Å². The zero-order valence-electron chi connectivity index (χ0n) is 8.64. The molecule has 5 heteroatoms. The van der Waals surface area contributed by atoms with Gasteiger partial charge in [-0.05, 0) is 24.3 Å². The minimum atomic E-state index is -0.305. The zero-order valence-corrected chi connectivity index (χ0v) is 8.64. The van der Waals surface area contributed by atoms with Gasteiger partial charge < -0.3 is 5.32 Å². The van der Waals surface area contributed by atoms with E-state index in [1.807, 2.05) is 0 Å². The number of anilines is 2. The molecule has 0 saturated carbocycles. The Labute approximate surface area is 91.4 Å². The van der Waals surface area contributed by atoms with Gasteiger partial charge in [-0.15, -0.1) is 0 Å². The molecule has 82 valence electrons. The highest BCUT2D eigenvalue weighted by Crippen LogP contribution is 2.12. The van der Waals surface area contributed by atoms with E-state index in [2.05, 4.69) is 10.3 Å². The third kappa shape index (κ3) is 2.08. The van der Waals surface area contributed by atoms with Crippen molar-refractivity contribution < 1.29 is 4.39 Å². The average molecular weight is 219 g/mol. The van der Waals surface area contributed by atoms with Gasteiger partial charge in [0.15, 0.2) is 0 Å². The van der Waals surface area contributed by atoms with Crippen molar-refractivity contribution in [3.05, 3.63) is 52.7 Å². The summed E-state index contributed by atoms with van der Waals surface area (Å²) in [7, 11) is 1.61. The van der Waals surface area contributed by atoms with E-state index >= 15 is 0 Å². The summed E-state index contributed by atoms with van der Waals surface area (Å²) < 4.78 is 14.0. The summed E-state index contributed by atoms with van der Waals surface area (Å²) >= 11 is 0. The number of benzene rings is 1. The molecule has 0 spiro atoms. The largest absolute Gasteiger partial charge is 0.326 e. The van der Waals surface area contributed by atoms with Crippen LogP contribution in [-0.4, -0.2) is 9.55 Å². The Balaban J connectivity index is 2.30. The first-order valence-electron chi connectivity index (χ1n) is 4.71. The van der Waals surface area contributed by atoms with Crippen molar-refractivity contribution in [2.45, 2.75) is 0 Å². The van der Waals surface area contributed by atoms with Crippen LogP contribution in [0.4, 0.5) is 16.0 Å². The van der Waals surface area contributed by atoms with E-state index < -0.39 is 0 Å². The first-order chi connectivity index (χ1) is 7.66. The molecule has 16 heavy (non-hydrogen) atoms. The highest BCUT2D eigenvalue weighted by molar-refractivity contribution is 5.52. The Morgan fingerprint density at radius 1 is 1.25 bits per heavy atom. The van der Waals surface area contributed by atoms with Crippen molar-refractivity contribution in [2.24, 2.45) is 7.05 Å². The summed E-state index contributed by atoms with van der Waals surface area (Å²) in [5.74, 6) is 0.111. The van der Waals surface area contributed by atoms with Gasteiger partial charge in [-0.25, -0.2) is 9.37 Å². The Kier molecular flexibility index (Phi) is 2.68. The Bertz CT molecular complexity index is 548. The fraction of sp³-hybridized carbons (Fsp3) is 0.0909. The molecular weight excluding hydrogens is 209 g/mol. The minimum Gasteiger partial charge on any atom is -0.326 e. The summed E-state index contributed by atoms with van der Waals surface area (Å²) in [6.07, 6.45) is 1.42. The Morgan fingerprint density at radius 2 is 1.94 bits per heavy atom. The van der Waals surface area contributed by atoms with Crippen molar-refractivity contribution in [2.75, 3.05) is 5.32 Å². The first kappa shape index (κ1) is 10.4. The van der Waals surface area contributed by atoms with E-state index in [9.17, 15) is 9.18 Å². The van der Waals surface area contributed by atoms with Crippen LogP contribution in [0.3, 0.4) is 0 Å². The molecule has 0 saturated heterocycles. The van der Waals surface area contributed by atoms with Crippen molar-refractivity contribution in [1.29, 1.82) is 0 Å². The minimum absolute atomic E-state index is 0.153. The maximum atomic E-state index is 12.7.